The van der Waals surface area contributed by atoms with Crippen molar-refractivity contribution >= 4 is 75.6 Å². The fourth-order valence-corrected chi connectivity index (χ4v) is 3.70. The van der Waals surface area contributed by atoms with E-state index in [4.69, 9.17) is 51.1 Å². The number of carbonyl (C=O) groups excluding carboxylic acids is 3. The number of benzene rings is 3. The minimum atomic E-state index is -0.739. The van der Waals surface area contributed by atoms with Crippen molar-refractivity contribution in [2.24, 2.45) is 0 Å². The largest absolute Gasteiger partial charge is 0.423 e. The second-order valence-corrected chi connectivity index (χ2v) is 8.43. The molecule has 3 aromatic carbocycles. The maximum Gasteiger partial charge on any atom is 0.343 e. The fraction of sp³-hybridized carbons (Fsp3) is 0. The molecule has 6 nitrogen and oxygen atoms in total. The standard InChI is InChI=1S/C23H12Cl4N2O4/c24-13-3-8-16(9-4-13)33-23(32)12-1-6-15(7-2-12)28-20-19(27)21(30)29(22(20)31)18-11-14(25)5-10-17(18)26/h1-11,28H. The number of halogens is 4. The van der Waals surface area contributed by atoms with Crippen LogP contribution in [0.3, 0.4) is 0 Å². The van der Waals surface area contributed by atoms with Crippen LogP contribution < -0.4 is 15.0 Å². The van der Waals surface area contributed by atoms with E-state index in [1.165, 1.54) is 30.3 Å². The van der Waals surface area contributed by atoms with Crippen molar-refractivity contribution in [1.82, 2.24) is 0 Å². The van der Waals surface area contributed by atoms with Gasteiger partial charge in [-0.2, -0.15) is 0 Å². The number of nitrogens with zero attached hydrogens (tertiary/aromatic N) is 1. The van der Waals surface area contributed by atoms with E-state index in [0.29, 0.717) is 21.5 Å². The molecule has 10 heteroatoms. The Hall–Kier alpha value is -3.03. The molecule has 0 aliphatic carbocycles. The molecule has 2 amide bonds. The number of hydrogen-bond acceptors (Lipinski definition) is 5. The van der Waals surface area contributed by atoms with Gasteiger partial charge in [0.25, 0.3) is 11.8 Å². The molecular formula is C23H12Cl4N2O4. The first-order chi connectivity index (χ1) is 15.7. The zero-order valence-electron chi connectivity index (χ0n) is 16.4. The van der Waals surface area contributed by atoms with Crippen molar-refractivity contribution in [2.45, 2.75) is 0 Å². The van der Waals surface area contributed by atoms with E-state index < -0.39 is 17.8 Å². The normalized spacial score (nSPS) is 13.5. The highest BCUT2D eigenvalue weighted by molar-refractivity contribution is 6.54. The number of rotatable bonds is 5. The van der Waals surface area contributed by atoms with Crippen molar-refractivity contribution in [3.8, 4) is 5.75 Å². The SMILES string of the molecule is O=C(Oc1ccc(Cl)cc1)c1ccc(NC2=C(Cl)C(=O)N(c3cc(Cl)ccc3Cl)C2=O)cc1. The van der Waals surface area contributed by atoms with E-state index in [2.05, 4.69) is 5.32 Å². The molecule has 1 heterocycles. The van der Waals surface area contributed by atoms with E-state index in [0.717, 1.165) is 4.90 Å². The smallest absolute Gasteiger partial charge is 0.343 e. The predicted octanol–water partition coefficient (Wildman–Crippen LogP) is 6.30. The van der Waals surface area contributed by atoms with Crippen LogP contribution >= 0.6 is 46.4 Å². The number of imide groups is 1. The van der Waals surface area contributed by atoms with Gasteiger partial charge in [0.2, 0.25) is 0 Å². The van der Waals surface area contributed by atoms with E-state index in [9.17, 15) is 14.4 Å². The average molecular weight is 522 g/mol. The summed E-state index contributed by atoms with van der Waals surface area (Å²) in [5, 5.41) is 3.50. The van der Waals surface area contributed by atoms with Crippen LogP contribution in [0, 0.1) is 0 Å². The van der Waals surface area contributed by atoms with E-state index in [1.807, 2.05) is 0 Å². The average Bonchev–Trinajstić information content (AvgIpc) is 3.00. The number of amides is 2. The number of anilines is 2. The van der Waals surface area contributed by atoms with E-state index >= 15 is 0 Å². The third-order valence-corrected chi connectivity index (χ3v) is 5.75. The van der Waals surface area contributed by atoms with Crippen LogP contribution in [0.1, 0.15) is 10.4 Å². The molecule has 0 aromatic heterocycles. The second-order valence-electron chi connectivity index (χ2n) is 6.78. The van der Waals surface area contributed by atoms with Gasteiger partial charge in [0.1, 0.15) is 16.5 Å². The lowest BCUT2D eigenvalue weighted by Gasteiger charge is -2.17. The van der Waals surface area contributed by atoms with Crippen LogP contribution in [-0.4, -0.2) is 17.8 Å². The van der Waals surface area contributed by atoms with Crippen molar-refractivity contribution in [3.05, 3.63) is 98.1 Å². The zero-order valence-corrected chi connectivity index (χ0v) is 19.5. The first-order valence-electron chi connectivity index (χ1n) is 9.33. The predicted molar refractivity (Wildman–Crippen MR) is 128 cm³/mol. The third-order valence-electron chi connectivity index (χ3n) is 4.59. The number of carbonyl (C=O) groups is 3. The monoisotopic (exact) mass is 520 g/mol. The van der Waals surface area contributed by atoms with Crippen LogP contribution in [0.25, 0.3) is 0 Å². The number of nitrogens with one attached hydrogen (secondary N) is 1. The lowest BCUT2D eigenvalue weighted by Crippen LogP contribution is -2.32. The molecule has 0 saturated heterocycles. The van der Waals surface area contributed by atoms with Gasteiger partial charge in [0.15, 0.2) is 0 Å². The summed E-state index contributed by atoms with van der Waals surface area (Å²) in [6, 6.07) is 16.9. The van der Waals surface area contributed by atoms with Gasteiger partial charge in [0, 0.05) is 15.7 Å². The summed E-state index contributed by atoms with van der Waals surface area (Å²) in [5.41, 5.74) is 0.687. The topological polar surface area (TPSA) is 75.7 Å². The summed E-state index contributed by atoms with van der Waals surface area (Å²) in [4.78, 5) is 38.7. The van der Waals surface area contributed by atoms with Gasteiger partial charge < -0.3 is 10.1 Å². The van der Waals surface area contributed by atoms with E-state index in [1.54, 1.807) is 36.4 Å². The van der Waals surface area contributed by atoms with Gasteiger partial charge in [-0.05, 0) is 66.7 Å². The highest BCUT2D eigenvalue weighted by Gasteiger charge is 2.40. The van der Waals surface area contributed by atoms with Crippen LogP contribution in [0.5, 0.6) is 5.75 Å². The van der Waals surface area contributed by atoms with Gasteiger partial charge in [0.05, 0.1) is 16.3 Å². The summed E-state index contributed by atoms with van der Waals surface area (Å²) < 4.78 is 5.28. The summed E-state index contributed by atoms with van der Waals surface area (Å²) in [6.07, 6.45) is 0. The molecule has 1 aliphatic rings. The Labute approximate surface area is 208 Å². The van der Waals surface area contributed by atoms with Gasteiger partial charge >= 0.3 is 5.97 Å². The molecule has 0 saturated carbocycles. The van der Waals surface area contributed by atoms with Crippen molar-refractivity contribution in [1.29, 1.82) is 0 Å². The first kappa shape index (κ1) is 23.1. The lowest BCUT2D eigenvalue weighted by atomic mass is 10.2. The fourth-order valence-electron chi connectivity index (χ4n) is 2.99. The first-order valence-corrected chi connectivity index (χ1v) is 10.8. The van der Waals surface area contributed by atoms with E-state index in [-0.39, 0.29) is 27.0 Å². The molecule has 33 heavy (non-hydrogen) atoms. The Morgan fingerprint density at radius 3 is 2.09 bits per heavy atom. The molecule has 0 radical (unpaired) electrons. The van der Waals surface area contributed by atoms with Gasteiger partial charge in [-0.1, -0.05) is 46.4 Å². The van der Waals surface area contributed by atoms with Gasteiger partial charge in [-0.25, -0.2) is 9.69 Å². The minimum Gasteiger partial charge on any atom is -0.423 e. The van der Waals surface area contributed by atoms with Crippen LogP contribution in [0.2, 0.25) is 15.1 Å². The second kappa shape index (κ2) is 9.45. The molecular weight excluding hydrogens is 510 g/mol. The molecule has 0 spiro atoms. The Bertz CT molecular complexity index is 1310. The van der Waals surface area contributed by atoms with Crippen molar-refractivity contribution in [2.75, 3.05) is 10.2 Å². The Kier molecular flexibility index (Phi) is 6.63. The maximum absolute atomic E-state index is 12.9. The van der Waals surface area contributed by atoms with Gasteiger partial charge in [-0.15, -0.1) is 0 Å². The Morgan fingerprint density at radius 2 is 1.42 bits per heavy atom. The summed E-state index contributed by atoms with van der Waals surface area (Å²) >= 11 is 24.1. The molecule has 1 N–H and O–H groups in total. The molecule has 0 atom stereocenters. The molecule has 0 unspecified atom stereocenters. The minimum absolute atomic E-state index is 0.120. The van der Waals surface area contributed by atoms with Crippen molar-refractivity contribution in [3.63, 3.8) is 0 Å². The van der Waals surface area contributed by atoms with Crippen molar-refractivity contribution < 1.29 is 19.1 Å². The zero-order chi connectivity index (χ0) is 23.7. The molecule has 1 aliphatic heterocycles. The molecule has 4 rings (SSSR count). The van der Waals surface area contributed by atoms with Gasteiger partial charge in [-0.3, -0.25) is 9.59 Å². The maximum atomic E-state index is 12.9. The molecule has 166 valence electrons. The highest BCUT2D eigenvalue weighted by Crippen LogP contribution is 2.35. The third kappa shape index (κ3) is 4.84. The molecule has 0 fully saturated rings. The number of ether oxygens (including phenoxy) is 1. The van der Waals surface area contributed by atoms with Crippen LogP contribution in [0.15, 0.2) is 77.5 Å². The summed E-state index contributed by atoms with van der Waals surface area (Å²) in [5.74, 6) is -1.66. The summed E-state index contributed by atoms with van der Waals surface area (Å²) in [6.45, 7) is 0. The Morgan fingerprint density at radius 1 is 0.788 bits per heavy atom. The number of hydrogen-bond donors (Lipinski definition) is 1. The Balaban J connectivity index is 1.50. The lowest BCUT2D eigenvalue weighted by molar-refractivity contribution is -0.120. The number of esters is 1. The van der Waals surface area contributed by atoms with Crippen LogP contribution in [-0.2, 0) is 9.59 Å². The molecule has 3 aromatic rings. The van der Waals surface area contributed by atoms with Crippen LogP contribution in [0.4, 0.5) is 11.4 Å². The summed E-state index contributed by atoms with van der Waals surface area (Å²) in [7, 11) is 0. The highest BCUT2D eigenvalue weighted by atomic mass is 35.5. The quantitative estimate of drug-likeness (QED) is 0.242. The molecule has 0 bridgehead atoms.